The smallest absolute Gasteiger partial charge is 0.261 e. The Hall–Kier alpha value is -2.87. The van der Waals surface area contributed by atoms with Crippen LogP contribution in [0.5, 0.6) is 0 Å². The maximum Gasteiger partial charge on any atom is 0.261 e. The summed E-state index contributed by atoms with van der Waals surface area (Å²) in [5.41, 5.74) is 1.84. The number of furan rings is 1. The number of hydrogen-bond acceptors (Lipinski definition) is 6. The molecule has 1 aliphatic rings. The van der Waals surface area contributed by atoms with E-state index in [1.54, 1.807) is 30.5 Å². The van der Waals surface area contributed by atoms with E-state index in [1.165, 1.54) is 16.7 Å². The zero-order chi connectivity index (χ0) is 18.3. The Balaban J connectivity index is 1.44. The van der Waals surface area contributed by atoms with Crippen molar-refractivity contribution >= 4 is 23.6 Å². The van der Waals surface area contributed by atoms with Crippen LogP contribution in [0.3, 0.4) is 0 Å². The van der Waals surface area contributed by atoms with Crippen molar-refractivity contribution in [1.82, 2.24) is 19.7 Å². The van der Waals surface area contributed by atoms with Gasteiger partial charge in [0.25, 0.3) is 11.8 Å². The van der Waals surface area contributed by atoms with E-state index >= 15 is 0 Å². The van der Waals surface area contributed by atoms with Crippen LogP contribution in [0.15, 0.2) is 46.2 Å². The van der Waals surface area contributed by atoms with E-state index in [0.717, 1.165) is 22.3 Å². The zero-order valence-corrected chi connectivity index (χ0v) is 15.1. The molecule has 0 fully saturated rings. The molecule has 0 saturated heterocycles. The second-order valence-corrected chi connectivity index (χ2v) is 6.97. The summed E-state index contributed by atoms with van der Waals surface area (Å²) in [7, 11) is 1.88. The van der Waals surface area contributed by atoms with Gasteiger partial charge in [-0.2, -0.15) is 0 Å². The topological polar surface area (TPSA) is 81.2 Å². The van der Waals surface area contributed by atoms with Crippen molar-refractivity contribution < 1.29 is 14.0 Å². The number of imide groups is 1. The Kier molecular flexibility index (Phi) is 4.12. The Bertz CT molecular complexity index is 973. The number of nitrogens with zero attached hydrogens (tertiary/aromatic N) is 4. The first-order chi connectivity index (χ1) is 12.6. The molecule has 0 spiro atoms. The summed E-state index contributed by atoms with van der Waals surface area (Å²) >= 11 is 1.45. The maximum atomic E-state index is 12.4. The first kappa shape index (κ1) is 16.6. The Morgan fingerprint density at radius 3 is 2.35 bits per heavy atom. The number of amides is 2. The molecule has 0 atom stereocenters. The molecule has 0 unspecified atom stereocenters. The fourth-order valence-electron chi connectivity index (χ4n) is 2.96. The molecule has 2 aromatic heterocycles. The van der Waals surface area contributed by atoms with Gasteiger partial charge in [-0.05, 0) is 25.1 Å². The van der Waals surface area contributed by atoms with Crippen LogP contribution in [-0.2, 0) is 7.05 Å². The molecule has 4 rings (SSSR count). The first-order valence-electron chi connectivity index (χ1n) is 8.10. The van der Waals surface area contributed by atoms with Gasteiger partial charge in [0.1, 0.15) is 5.76 Å². The maximum absolute atomic E-state index is 12.4. The lowest BCUT2D eigenvalue weighted by Gasteiger charge is -2.13. The fourth-order valence-corrected chi connectivity index (χ4v) is 3.80. The molecule has 0 N–H and O–H groups in total. The lowest BCUT2D eigenvalue weighted by Crippen LogP contribution is -2.31. The fraction of sp³-hybridized carbons (Fsp3) is 0.222. The summed E-state index contributed by atoms with van der Waals surface area (Å²) in [4.78, 5) is 26.0. The molecule has 0 radical (unpaired) electrons. The summed E-state index contributed by atoms with van der Waals surface area (Å²) in [6.07, 6.45) is 1.62. The normalized spacial score (nSPS) is 13.5. The molecular weight excluding hydrogens is 352 g/mol. The minimum atomic E-state index is -0.237. The molecule has 1 aliphatic heterocycles. The third-order valence-electron chi connectivity index (χ3n) is 4.36. The van der Waals surface area contributed by atoms with Crippen molar-refractivity contribution in [2.45, 2.75) is 12.1 Å². The second kappa shape index (κ2) is 6.45. The summed E-state index contributed by atoms with van der Waals surface area (Å²) in [5.74, 6) is 1.57. The molecule has 0 saturated carbocycles. The summed E-state index contributed by atoms with van der Waals surface area (Å²) in [5, 5.41) is 9.14. The highest BCUT2D eigenvalue weighted by Crippen LogP contribution is 2.27. The number of fused-ring (bicyclic) bond motifs is 1. The average molecular weight is 368 g/mol. The molecule has 132 valence electrons. The molecule has 3 heterocycles. The molecule has 7 nitrogen and oxygen atoms in total. The van der Waals surface area contributed by atoms with Crippen LogP contribution in [0.2, 0.25) is 0 Å². The number of rotatable bonds is 5. The van der Waals surface area contributed by atoms with E-state index in [9.17, 15) is 9.59 Å². The van der Waals surface area contributed by atoms with Crippen molar-refractivity contribution in [1.29, 1.82) is 0 Å². The summed E-state index contributed by atoms with van der Waals surface area (Å²) in [6.45, 7) is 2.20. The minimum absolute atomic E-state index is 0.237. The predicted molar refractivity (Wildman–Crippen MR) is 96.0 cm³/mol. The zero-order valence-electron chi connectivity index (χ0n) is 14.3. The highest BCUT2D eigenvalue weighted by atomic mass is 32.2. The van der Waals surface area contributed by atoms with Gasteiger partial charge in [0.2, 0.25) is 0 Å². The third-order valence-corrected chi connectivity index (χ3v) is 5.36. The molecule has 0 aliphatic carbocycles. The van der Waals surface area contributed by atoms with Gasteiger partial charge < -0.3 is 8.98 Å². The Morgan fingerprint density at radius 2 is 1.73 bits per heavy atom. The molecule has 3 aromatic rings. The predicted octanol–water partition coefficient (Wildman–Crippen LogP) is 2.77. The second-order valence-electron chi connectivity index (χ2n) is 5.91. The van der Waals surface area contributed by atoms with Gasteiger partial charge >= 0.3 is 0 Å². The van der Waals surface area contributed by atoms with Crippen molar-refractivity contribution in [3.63, 3.8) is 0 Å². The number of aromatic nitrogens is 3. The van der Waals surface area contributed by atoms with Crippen molar-refractivity contribution in [2.75, 3.05) is 12.3 Å². The molecular formula is C18H16N4O3S. The number of thioether (sulfide) groups is 1. The van der Waals surface area contributed by atoms with Crippen LogP contribution in [0, 0.1) is 6.92 Å². The minimum Gasteiger partial charge on any atom is -0.469 e. The van der Waals surface area contributed by atoms with E-state index < -0.39 is 0 Å². The molecule has 0 bridgehead atoms. The van der Waals surface area contributed by atoms with E-state index in [1.807, 2.05) is 24.6 Å². The van der Waals surface area contributed by atoms with Gasteiger partial charge in [-0.1, -0.05) is 23.9 Å². The van der Waals surface area contributed by atoms with Crippen LogP contribution in [-0.4, -0.2) is 43.8 Å². The Labute approximate surface area is 154 Å². The van der Waals surface area contributed by atoms with E-state index in [-0.39, 0.29) is 11.8 Å². The largest absolute Gasteiger partial charge is 0.469 e. The number of carbonyl (C=O) groups excluding carboxylic acids is 2. The standard InChI is InChI=1S/C18H16N4O3S/c1-11-12(7-9-25-11)15-19-20-18(21(15)2)26-10-8-22-16(23)13-5-3-4-6-14(13)17(22)24/h3-7,9H,8,10H2,1-2H3. The first-order valence-corrected chi connectivity index (χ1v) is 9.08. The number of hydrogen-bond donors (Lipinski definition) is 0. The van der Waals surface area contributed by atoms with Crippen molar-refractivity contribution in [3.05, 3.63) is 53.5 Å². The highest BCUT2D eigenvalue weighted by molar-refractivity contribution is 7.99. The number of carbonyl (C=O) groups is 2. The van der Waals surface area contributed by atoms with Crippen LogP contribution >= 0.6 is 11.8 Å². The lowest BCUT2D eigenvalue weighted by atomic mass is 10.1. The van der Waals surface area contributed by atoms with Gasteiger partial charge in [0, 0.05) is 19.3 Å². The lowest BCUT2D eigenvalue weighted by molar-refractivity contribution is 0.0664. The summed E-state index contributed by atoms with van der Waals surface area (Å²) in [6, 6.07) is 8.75. The SMILES string of the molecule is Cc1occc1-c1nnc(SCCN2C(=O)c3ccccc3C2=O)n1C. The molecule has 26 heavy (non-hydrogen) atoms. The number of aryl methyl sites for hydroxylation is 1. The Morgan fingerprint density at radius 1 is 1.04 bits per heavy atom. The van der Waals surface area contributed by atoms with Gasteiger partial charge in [-0.3, -0.25) is 14.5 Å². The summed E-state index contributed by atoms with van der Waals surface area (Å²) < 4.78 is 7.20. The van der Waals surface area contributed by atoms with Gasteiger partial charge in [-0.25, -0.2) is 0 Å². The van der Waals surface area contributed by atoms with Crippen LogP contribution in [0.1, 0.15) is 26.5 Å². The average Bonchev–Trinajstić information content (AvgIpc) is 3.29. The highest BCUT2D eigenvalue weighted by Gasteiger charge is 2.34. The molecule has 2 amide bonds. The van der Waals surface area contributed by atoms with Crippen LogP contribution < -0.4 is 0 Å². The monoisotopic (exact) mass is 368 g/mol. The quantitative estimate of drug-likeness (QED) is 0.509. The van der Waals surface area contributed by atoms with E-state index in [4.69, 9.17) is 4.42 Å². The van der Waals surface area contributed by atoms with E-state index in [2.05, 4.69) is 10.2 Å². The third kappa shape index (κ3) is 2.62. The van der Waals surface area contributed by atoms with E-state index in [0.29, 0.717) is 23.4 Å². The van der Waals surface area contributed by atoms with Gasteiger partial charge in [-0.15, -0.1) is 10.2 Å². The number of benzene rings is 1. The van der Waals surface area contributed by atoms with Gasteiger partial charge in [0.05, 0.1) is 23.0 Å². The van der Waals surface area contributed by atoms with Crippen molar-refractivity contribution in [2.24, 2.45) is 7.05 Å². The van der Waals surface area contributed by atoms with Crippen LogP contribution in [0.4, 0.5) is 0 Å². The van der Waals surface area contributed by atoms with Gasteiger partial charge in [0.15, 0.2) is 11.0 Å². The van der Waals surface area contributed by atoms with Crippen LogP contribution in [0.25, 0.3) is 11.4 Å². The van der Waals surface area contributed by atoms with Crippen molar-refractivity contribution in [3.8, 4) is 11.4 Å². The molecule has 8 heteroatoms. The molecule has 1 aromatic carbocycles.